The number of hydrogen-bond donors (Lipinski definition) is 1. The van der Waals surface area contributed by atoms with Crippen LogP contribution in [0.15, 0.2) is 22.8 Å². The summed E-state index contributed by atoms with van der Waals surface area (Å²) in [6, 6.07) is 3.64. The van der Waals surface area contributed by atoms with E-state index in [0.717, 1.165) is 5.39 Å². The van der Waals surface area contributed by atoms with Crippen LogP contribution in [0.4, 0.5) is 0 Å². The van der Waals surface area contributed by atoms with E-state index in [1.807, 2.05) is 12.1 Å². The van der Waals surface area contributed by atoms with Crippen molar-refractivity contribution in [3.8, 4) is 11.5 Å². The molecule has 2 rings (SSSR count). The molecule has 4 nitrogen and oxygen atoms in total. The first-order valence-electron chi connectivity index (χ1n) is 4.53. The standard InChI is InChI=1S/C11H12O4/c1-13-9-8(6-12)5-7-3-4-15-10(7)11(9)14-2/h3-5,12H,6H2,1-2H3. The third-order valence-corrected chi connectivity index (χ3v) is 2.31. The van der Waals surface area contributed by atoms with Gasteiger partial charge in [0.15, 0.2) is 11.3 Å². The van der Waals surface area contributed by atoms with Crippen molar-refractivity contribution in [2.75, 3.05) is 14.2 Å². The quantitative estimate of drug-likeness (QED) is 0.837. The Bertz CT molecular complexity index is 473. The molecule has 4 heteroatoms. The van der Waals surface area contributed by atoms with Gasteiger partial charge in [-0.05, 0) is 12.1 Å². The lowest BCUT2D eigenvalue weighted by Gasteiger charge is -2.11. The van der Waals surface area contributed by atoms with Gasteiger partial charge >= 0.3 is 0 Å². The molecular weight excluding hydrogens is 196 g/mol. The Labute approximate surface area is 87.0 Å². The van der Waals surface area contributed by atoms with Crippen LogP contribution in [0.25, 0.3) is 11.0 Å². The van der Waals surface area contributed by atoms with Gasteiger partial charge in [-0.2, -0.15) is 0 Å². The molecule has 1 aromatic carbocycles. The molecule has 1 aromatic heterocycles. The third kappa shape index (κ3) is 1.43. The van der Waals surface area contributed by atoms with Crippen LogP contribution in [-0.2, 0) is 6.61 Å². The Hall–Kier alpha value is -1.68. The number of rotatable bonds is 3. The molecule has 80 valence electrons. The topological polar surface area (TPSA) is 51.8 Å². The van der Waals surface area contributed by atoms with Gasteiger partial charge < -0.3 is 19.0 Å². The normalized spacial score (nSPS) is 10.6. The summed E-state index contributed by atoms with van der Waals surface area (Å²) in [5.74, 6) is 1.03. The van der Waals surface area contributed by atoms with E-state index in [4.69, 9.17) is 13.9 Å². The van der Waals surface area contributed by atoms with E-state index < -0.39 is 0 Å². The van der Waals surface area contributed by atoms with E-state index in [2.05, 4.69) is 0 Å². The molecule has 0 aliphatic heterocycles. The molecule has 1 heterocycles. The van der Waals surface area contributed by atoms with Crippen molar-refractivity contribution in [2.24, 2.45) is 0 Å². The molecule has 1 N–H and O–H groups in total. The first kappa shape index (κ1) is 9.86. The number of aliphatic hydroxyl groups is 1. The molecule has 0 saturated heterocycles. The summed E-state index contributed by atoms with van der Waals surface area (Å²) in [5.41, 5.74) is 1.31. The predicted molar refractivity (Wildman–Crippen MR) is 55.2 cm³/mol. The second-order valence-corrected chi connectivity index (χ2v) is 3.10. The Morgan fingerprint density at radius 2 is 2.00 bits per heavy atom. The Morgan fingerprint density at radius 1 is 1.27 bits per heavy atom. The molecule has 0 atom stereocenters. The van der Waals surface area contributed by atoms with Crippen LogP contribution in [-0.4, -0.2) is 19.3 Å². The van der Waals surface area contributed by atoms with E-state index in [0.29, 0.717) is 22.6 Å². The number of furan rings is 1. The van der Waals surface area contributed by atoms with Gasteiger partial charge in [0.1, 0.15) is 0 Å². The van der Waals surface area contributed by atoms with Crippen molar-refractivity contribution in [1.29, 1.82) is 0 Å². The SMILES string of the molecule is COc1c(CO)cc2ccoc2c1OC. The first-order valence-corrected chi connectivity index (χ1v) is 4.53. The lowest BCUT2D eigenvalue weighted by molar-refractivity contribution is 0.270. The average molecular weight is 208 g/mol. The highest BCUT2D eigenvalue weighted by Gasteiger charge is 2.16. The van der Waals surface area contributed by atoms with Crippen molar-refractivity contribution in [1.82, 2.24) is 0 Å². The zero-order chi connectivity index (χ0) is 10.8. The molecule has 0 aliphatic rings. The smallest absolute Gasteiger partial charge is 0.204 e. The monoisotopic (exact) mass is 208 g/mol. The van der Waals surface area contributed by atoms with Gasteiger partial charge in [0.2, 0.25) is 5.75 Å². The number of methoxy groups -OCH3 is 2. The van der Waals surface area contributed by atoms with Gasteiger partial charge in [-0.1, -0.05) is 0 Å². The third-order valence-electron chi connectivity index (χ3n) is 2.31. The van der Waals surface area contributed by atoms with E-state index in [-0.39, 0.29) is 6.61 Å². The Balaban J connectivity index is 2.78. The molecule has 2 aromatic rings. The number of aliphatic hydroxyl groups excluding tert-OH is 1. The summed E-state index contributed by atoms with van der Waals surface area (Å²) in [6.45, 7) is -0.0966. The van der Waals surface area contributed by atoms with Crippen LogP contribution in [0.1, 0.15) is 5.56 Å². The van der Waals surface area contributed by atoms with Crippen molar-refractivity contribution >= 4 is 11.0 Å². The van der Waals surface area contributed by atoms with Gasteiger partial charge in [-0.15, -0.1) is 0 Å². The summed E-state index contributed by atoms with van der Waals surface area (Å²) >= 11 is 0. The van der Waals surface area contributed by atoms with E-state index in [1.165, 1.54) is 7.11 Å². The summed E-state index contributed by atoms with van der Waals surface area (Å²) < 4.78 is 15.7. The summed E-state index contributed by atoms with van der Waals surface area (Å²) in [4.78, 5) is 0. The minimum atomic E-state index is -0.0966. The fraction of sp³-hybridized carbons (Fsp3) is 0.273. The molecule has 0 fully saturated rings. The number of ether oxygens (including phenoxy) is 2. The van der Waals surface area contributed by atoms with Crippen LogP contribution in [0.5, 0.6) is 11.5 Å². The lowest BCUT2D eigenvalue weighted by atomic mass is 10.1. The molecule has 0 amide bonds. The van der Waals surface area contributed by atoms with Crippen molar-refractivity contribution in [3.05, 3.63) is 24.0 Å². The highest BCUT2D eigenvalue weighted by molar-refractivity contribution is 5.87. The Kier molecular flexibility index (Phi) is 2.51. The fourth-order valence-corrected chi connectivity index (χ4v) is 1.65. The highest BCUT2D eigenvalue weighted by Crippen LogP contribution is 2.39. The van der Waals surface area contributed by atoms with Gasteiger partial charge in [0.25, 0.3) is 0 Å². The number of benzene rings is 1. The maximum Gasteiger partial charge on any atom is 0.204 e. The minimum absolute atomic E-state index is 0.0966. The van der Waals surface area contributed by atoms with Gasteiger partial charge in [0.05, 0.1) is 27.1 Å². The molecule has 0 spiro atoms. The second kappa shape index (κ2) is 3.82. The predicted octanol–water partition coefficient (Wildman–Crippen LogP) is 1.94. The molecule has 0 aliphatic carbocycles. The molecule has 0 radical (unpaired) electrons. The van der Waals surface area contributed by atoms with Crippen LogP contribution < -0.4 is 9.47 Å². The van der Waals surface area contributed by atoms with Crippen LogP contribution in [0, 0.1) is 0 Å². The summed E-state index contributed by atoms with van der Waals surface area (Å²) in [6.07, 6.45) is 1.58. The average Bonchev–Trinajstić information content (AvgIpc) is 2.73. The number of fused-ring (bicyclic) bond motifs is 1. The Morgan fingerprint density at radius 3 is 2.60 bits per heavy atom. The summed E-state index contributed by atoms with van der Waals surface area (Å²) in [5, 5.41) is 10.1. The van der Waals surface area contributed by atoms with Gasteiger partial charge in [-0.25, -0.2) is 0 Å². The van der Waals surface area contributed by atoms with Crippen LogP contribution >= 0.6 is 0 Å². The van der Waals surface area contributed by atoms with Gasteiger partial charge in [0, 0.05) is 10.9 Å². The van der Waals surface area contributed by atoms with E-state index in [9.17, 15) is 5.11 Å². The maximum absolute atomic E-state index is 9.20. The fourth-order valence-electron chi connectivity index (χ4n) is 1.65. The van der Waals surface area contributed by atoms with E-state index in [1.54, 1.807) is 13.4 Å². The largest absolute Gasteiger partial charge is 0.492 e. The van der Waals surface area contributed by atoms with Crippen LogP contribution in [0.2, 0.25) is 0 Å². The first-order chi connectivity index (χ1) is 7.31. The molecular formula is C11H12O4. The highest BCUT2D eigenvalue weighted by atomic mass is 16.5. The zero-order valence-corrected chi connectivity index (χ0v) is 8.61. The van der Waals surface area contributed by atoms with Crippen molar-refractivity contribution < 1.29 is 19.0 Å². The second-order valence-electron chi connectivity index (χ2n) is 3.10. The van der Waals surface area contributed by atoms with Crippen molar-refractivity contribution in [3.63, 3.8) is 0 Å². The zero-order valence-electron chi connectivity index (χ0n) is 8.61. The molecule has 15 heavy (non-hydrogen) atoms. The van der Waals surface area contributed by atoms with Gasteiger partial charge in [-0.3, -0.25) is 0 Å². The maximum atomic E-state index is 9.20. The summed E-state index contributed by atoms with van der Waals surface area (Å²) in [7, 11) is 3.08. The number of hydrogen-bond acceptors (Lipinski definition) is 4. The molecule has 0 bridgehead atoms. The van der Waals surface area contributed by atoms with E-state index >= 15 is 0 Å². The molecule has 0 unspecified atom stereocenters. The van der Waals surface area contributed by atoms with Crippen LogP contribution in [0.3, 0.4) is 0 Å². The minimum Gasteiger partial charge on any atom is -0.492 e. The van der Waals surface area contributed by atoms with Crippen molar-refractivity contribution in [2.45, 2.75) is 6.61 Å². The lowest BCUT2D eigenvalue weighted by Crippen LogP contribution is -1.96. The molecule has 0 saturated carbocycles.